The highest BCUT2D eigenvalue weighted by Gasteiger charge is 2.24. The first kappa shape index (κ1) is 9.55. The molecule has 1 aliphatic rings. The third-order valence-corrected chi connectivity index (χ3v) is 2.53. The highest BCUT2D eigenvalue weighted by atomic mass is 19.1. The Kier molecular flexibility index (Phi) is 2.74. The van der Waals surface area contributed by atoms with Gasteiger partial charge in [0.05, 0.1) is 6.20 Å². The number of likely N-dealkylation sites (tertiary alicyclic amines) is 1. The van der Waals surface area contributed by atoms with Crippen molar-refractivity contribution >= 4 is 0 Å². The molecule has 2 rings (SSSR count). The smallest absolute Gasteiger partial charge is 0.141 e. The molecule has 76 valence electrons. The lowest BCUT2D eigenvalue weighted by Gasteiger charge is -2.38. The Hall–Kier alpha value is -1.00. The lowest BCUT2D eigenvalue weighted by molar-refractivity contribution is 0.0977. The van der Waals surface area contributed by atoms with Crippen molar-refractivity contribution in [3.8, 4) is 0 Å². The van der Waals surface area contributed by atoms with Crippen molar-refractivity contribution in [1.29, 1.82) is 0 Å². The van der Waals surface area contributed by atoms with Gasteiger partial charge in [0.15, 0.2) is 0 Å². The normalized spacial score (nSPS) is 18.1. The molecule has 1 aromatic heterocycles. The van der Waals surface area contributed by atoms with E-state index in [1.54, 1.807) is 6.20 Å². The van der Waals surface area contributed by atoms with Gasteiger partial charge in [-0.25, -0.2) is 4.39 Å². The molecule has 0 saturated carbocycles. The van der Waals surface area contributed by atoms with Gasteiger partial charge in [-0.15, -0.1) is 0 Å². The number of halogens is 1. The van der Waals surface area contributed by atoms with Crippen LogP contribution >= 0.6 is 0 Å². The summed E-state index contributed by atoms with van der Waals surface area (Å²) in [5.41, 5.74) is 6.45. The number of hydrogen-bond acceptors (Lipinski definition) is 3. The summed E-state index contributed by atoms with van der Waals surface area (Å²) >= 11 is 0. The number of pyridine rings is 1. The van der Waals surface area contributed by atoms with Gasteiger partial charge in [0, 0.05) is 25.8 Å². The second kappa shape index (κ2) is 4.02. The van der Waals surface area contributed by atoms with Crippen LogP contribution in [0.3, 0.4) is 0 Å². The predicted octanol–water partition coefficient (Wildman–Crippen LogP) is 0.611. The fraction of sp³-hybridized carbons (Fsp3) is 0.500. The molecule has 0 bridgehead atoms. The van der Waals surface area contributed by atoms with Gasteiger partial charge in [0.2, 0.25) is 0 Å². The second-order valence-electron chi connectivity index (χ2n) is 3.81. The Labute approximate surface area is 82.7 Å². The van der Waals surface area contributed by atoms with Crippen molar-refractivity contribution < 1.29 is 4.39 Å². The van der Waals surface area contributed by atoms with Crippen LogP contribution in [-0.4, -0.2) is 29.5 Å². The SMILES string of the molecule is NCC1CN(Cc2cncc(F)c2)C1. The van der Waals surface area contributed by atoms with Crippen molar-refractivity contribution in [3.63, 3.8) is 0 Å². The summed E-state index contributed by atoms with van der Waals surface area (Å²) in [5.74, 6) is 0.356. The van der Waals surface area contributed by atoms with Gasteiger partial charge in [0.25, 0.3) is 0 Å². The number of aromatic nitrogens is 1. The van der Waals surface area contributed by atoms with Crippen LogP contribution in [0.15, 0.2) is 18.5 Å². The molecule has 0 aromatic carbocycles. The van der Waals surface area contributed by atoms with Gasteiger partial charge in [-0.05, 0) is 24.1 Å². The van der Waals surface area contributed by atoms with Crippen LogP contribution in [0.1, 0.15) is 5.56 Å². The molecule has 1 fully saturated rings. The quantitative estimate of drug-likeness (QED) is 0.768. The summed E-state index contributed by atoms with van der Waals surface area (Å²) in [7, 11) is 0. The second-order valence-corrected chi connectivity index (χ2v) is 3.81. The van der Waals surface area contributed by atoms with Gasteiger partial charge in [-0.1, -0.05) is 0 Å². The lowest BCUT2D eigenvalue weighted by Crippen LogP contribution is -2.49. The predicted molar refractivity (Wildman–Crippen MR) is 52.0 cm³/mol. The first-order valence-corrected chi connectivity index (χ1v) is 4.80. The van der Waals surface area contributed by atoms with Crippen LogP contribution in [0.2, 0.25) is 0 Å². The molecule has 3 nitrogen and oxygen atoms in total. The first-order valence-electron chi connectivity index (χ1n) is 4.80. The third kappa shape index (κ3) is 2.08. The molecule has 14 heavy (non-hydrogen) atoms. The van der Waals surface area contributed by atoms with Crippen molar-refractivity contribution in [3.05, 3.63) is 29.8 Å². The molecular formula is C10H14FN3. The first-order chi connectivity index (χ1) is 6.78. The molecule has 2 N–H and O–H groups in total. The fourth-order valence-corrected chi connectivity index (χ4v) is 1.76. The van der Waals surface area contributed by atoms with Crippen LogP contribution in [0, 0.1) is 11.7 Å². The van der Waals surface area contributed by atoms with E-state index < -0.39 is 0 Å². The van der Waals surface area contributed by atoms with E-state index in [4.69, 9.17) is 5.73 Å². The molecule has 0 atom stereocenters. The number of nitrogens with two attached hydrogens (primary N) is 1. The van der Waals surface area contributed by atoms with E-state index in [-0.39, 0.29) is 5.82 Å². The van der Waals surface area contributed by atoms with Crippen molar-refractivity contribution in [2.75, 3.05) is 19.6 Å². The Morgan fingerprint density at radius 3 is 2.93 bits per heavy atom. The van der Waals surface area contributed by atoms with Crippen molar-refractivity contribution in [2.24, 2.45) is 11.7 Å². The summed E-state index contributed by atoms with van der Waals surface area (Å²) in [6, 6.07) is 1.53. The van der Waals surface area contributed by atoms with Crippen molar-refractivity contribution in [1.82, 2.24) is 9.88 Å². The van der Waals surface area contributed by atoms with E-state index in [1.807, 2.05) is 0 Å². The maximum Gasteiger partial charge on any atom is 0.141 e. The standard InChI is InChI=1S/C10H14FN3/c11-10-1-8(3-13-4-10)5-14-6-9(2-12)7-14/h1,3-4,9H,2,5-7,12H2. The van der Waals surface area contributed by atoms with Gasteiger partial charge in [0.1, 0.15) is 5.82 Å². The summed E-state index contributed by atoms with van der Waals surface area (Å²) in [6.07, 6.45) is 2.93. The van der Waals surface area contributed by atoms with Gasteiger partial charge in [-0.2, -0.15) is 0 Å². The maximum absolute atomic E-state index is 12.8. The number of nitrogens with zero attached hydrogens (tertiary/aromatic N) is 2. The highest BCUT2D eigenvalue weighted by molar-refractivity contribution is 5.10. The van der Waals surface area contributed by atoms with Crippen molar-refractivity contribution in [2.45, 2.75) is 6.54 Å². The Morgan fingerprint density at radius 1 is 1.50 bits per heavy atom. The van der Waals surface area contributed by atoms with Crippen LogP contribution in [0.4, 0.5) is 4.39 Å². The Bertz CT molecular complexity index is 310. The largest absolute Gasteiger partial charge is 0.330 e. The maximum atomic E-state index is 12.8. The topological polar surface area (TPSA) is 42.1 Å². The minimum atomic E-state index is -0.265. The summed E-state index contributed by atoms with van der Waals surface area (Å²) in [5, 5.41) is 0. The van der Waals surface area contributed by atoms with E-state index >= 15 is 0 Å². The van der Waals surface area contributed by atoms with E-state index in [9.17, 15) is 4.39 Å². The molecule has 0 unspecified atom stereocenters. The third-order valence-electron chi connectivity index (χ3n) is 2.53. The molecule has 4 heteroatoms. The Morgan fingerprint density at radius 2 is 2.29 bits per heavy atom. The number of rotatable bonds is 3. The van der Waals surface area contributed by atoms with E-state index in [0.717, 1.165) is 31.7 Å². The van der Waals surface area contributed by atoms with E-state index in [0.29, 0.717) is 5.92 Å². The molecule has 0 radical (unpaired) electrons. The molecule has 0 aliphatic carbocycles. The van der Waals surface area contributed by atoms with Crippen LogP contribution in [0.5, 0.6) is 0 Å². The molecular weight excluding hydrogens is 181 g/mol. The van der Waals surface area contributed by atoms with Crippen LogP contribution in [0.25, 0.3) is 0 Å². The monoisotopic (exact) mass is 195 g/mol. The number of hydrogen-bond donors (Lipinski definition) is 1. The molecule has 1 aliphatic heterocycles. The summed E-state index contributed by atoms with van der Waals surface area (Å²) in [6.45, 7) is 3.57. The minimum Gasteiger partial charge on any atom is -0.330 e. The zero-order valence-corrected chi connectivity index (χ0v) is 7.99. The van der Waals surface area contributed by atoms with Gasteiger partial charge >= 0.3 is 0 Å². The van der Waals surface area contributed by atoms with Gasteiger partial charge < -0.3 is 5.73 Å². The highest BCUT2D eigenvalue weighted by Crippen LogP contribution is 2.17. The van der Waals surface area contributed by atoms with Crippen LogP contribution < -0.4 is 5.73 Å². The zero-order valence-electron chi connectivity index (χ0n) is 7.99. The molecule has 2 heterocycles. The minimum absolute atomic E-state index is 0.265. The molecule has 0 amide bonds. The van der Waals surface area contributed by atoms with Gasteiger partial charge in [-0.3, -0.25) is 9.88 Å². The van der Waals surface area contributed by atoms with Crippen LogP contribution in [-0.2, 0) is 6.54 Å². The summed E-state index contributed by atoms with van der Waals surface area (Å²) < 4.78 is 12.8. The van der Waals surface area contributed by atoms with E-state index in [2.05, 4.69) is 9.88 Å². The Balaban J connectivity index is 1.87. The average Bonchev–Trinajstić information content (AvgIpc) is 2.10. The molecule has 1 aromatic rings. The average molecular weight is 195 g/mol. The zero-order chi connectivity index (χ0) is 9.97. The lowest BCUT2D eigenvalue weighted by atomic mass is 10.00. The molecule has 1 saturated heterocycles. The van der Waals surface area contributed by atoms with E-state index in [1.165, 1.54) is 12.3 Å². The molecule has 0 spiro atoms. The summed E-state index contributed by atoms with van der Waals surface area (Å²) in [4.78, 5) is 6.05. The fourth-order valence-electron chi connectivity index (χ4n) is 1.76.